The van der Waals surface area contributed by atoms with Crippen molar-refractivity contribution in [3.63, 3.8) is 0 Å². The van der Waals surface area contributed by atoms with Crippen molar-refractivity contribution in [2.24, 2.45) is 0 Å². The van der Waals surface area contributed by atoms with Gasteiger partial charge in [-0.3, -0.25) is 14.9 Å². The summed E-state index contributed by atoms with van der Waals surface area (Å²) in [6, 6.07) is 11.5. The van der Waals surface area contributed by atoms with Crippen molar-refractivity contribution < 1.29 is 18.0 Å². The van der Waals surface area contributed by atoms with E-state index in [0.29, 0.717) is 0 Å². The molecule has 158 valence electrons. The Kier molecular flexibility index (Phi) is 5.10. The van der Waals surface area contributed by atoms with Gasteiger partial charge in [0.2, 0.25) is 5.43 Å². The highest BCUT2D eigenvalue weighted by Crippen LogP contribution is 2.33. The number of aryl methyl sites for hydroxylation is 2. The number of thiazole rings is 1. The number of alkyl halides is 3. The average Bonchev–Trinajstić information content (AvgIpc) is 3.11. The Morgan fingerprint density at radius 2 is 1.84 bits per heavy atom. The highest BCUT2D eigenvalue weighted by Gasteiger charge is 2.34. The van der Waals surface area contributed by atoms with Crippen LogP contribution in [-0.2, 0) is 6.18 Å². The Morgan fingerprint density at radius 1 is 1.10 bits per heavy atom. The van der Waals surface area contributed by atoms with E-state index in [1.165, 1.54) is 36.5 Å². The molecular weight excluding hydrogens is 429 g/mol. The number of nitrogens with zero attached hydrogens (tertiary/aromatic N) is 3. The third-order valence-corrected chi connectivity index (χ3v) is 5.54. The molecule has 0 aliphatic carbocycles. The second kappa shape index (κ2) is 7.62. The molecule has 31 heavy (non-hydrogen) atoms. The Hall–Kier alpha value is -3.53. The van der Waals surface area contributed by atoms with Crippen molar-refractivity contribution >= 4 is 32.6 Å². The number of anilines is 1. The highest BCUT2D eigenvalue weighted by molar-refractivity contribution is 7.22. The number of nitrogens with one attached hydrogen (secondary N) is 1. The first-order chi connectivity index (χ1) is 14.6. The van der Waals surface area contributed by atoms with Crippen molar-refractivity contribution in [1.29, 1.82) is 0 Å². The highest BCUT2D eigenvalue weighted by atomic mass is 32.1. The maximum absolute atomic E-state index is 13.4. The molecule has 0 aliphatic rings. The van der Waals surface area contributed by atoms with E-state index >= 15 is 0 Å². The second-order valence-corrected chi connectivity index (χ2v) is 7.85. The molecule has 1 N–H and O–H groups in total. The van der Waals surface area contributed by atoms with Gasteiger partial charge in [0.1, 0.15) is 0 Å². The molecule has 0 saturated carbocycles. The smallest absolute Gasteiger partial charge is 0.296 e. The van der Waals surface area contributed by atoms with Crippen LogP contribution in [0.4, 0.5) is 18.3 Å². The van der Waals surface area contributed by atoms with E-state index < -0.39 is 28.8 Å². The number of benzene rings is 2. The lowest BCUT2D eigenvalue weighted by atomic mass is 10.1. The van der Waals surface area contributed by atoms with Crippen LogP contribution in [0.2, 0.25) is 0 Å². The lowest BCUT2D eigenvalue weighted by Crippen LogP contribution is -2.27. The third-order valence-electron chi connectivity index (χ3n) is 4.60. The number of fused-ring (bicyclic) bond motifs is 1. The molecule has 1 amide bonds. The number of carbonyl (C=O) groups is 1. The molecule has 0 unspecified atom stereocenters. The van der Waals surface area contributed by atoms with Gasteiger partial charge in [-0.1, -0.05) is 35.6 Å². The van der Waals surface area contributed by atoms with Gasteiger partial charge in [-0.2, -0.15) is 18.3 Å². The van der Waals surface area contributed by atoms with Gasteiger partial charge in [0.25, 0.3) is 5.91 Å². The molecule has 0 spiro atoms. The van der Waals surface area contributed by atoms with Crippen LogP contribution >= 0.6 is 11.3 Å². The monoisotopic (exact) mass is 444 g/mol. The first-order valence-corrected chi connectivity index (χ1v) is 9.92. The number of amides is 1. The van der Waals surface area contributed by atoms with Crippen molar-refractivity contribution in [2.75, 3.05) is 5.32 Å². The summed E-state index contributed by atoms with van der Waals surface area (Å²) < 4.78 is 42.1. The van der Waals surface area contributed by atoms with Crippen molar-refractivity contribution in [3.8, 4) is 5.69 Å². The minimum atomic E-state index is -4.63. The normalized spacial score (nSPS) is 11.6. The lowest BCUT2D eigenvalue weighted by molar-refractivity contribution is -0.137. The fraction of sp³-hybridized carbons (Fsp3) is 0.143. The van der Waals surface area contributed by atoms with Crippen LogP contribution in [-0.4, -0.2) is 20.7 Å². The SMILES string of the molecule is Cc1cccc2sc(NC(=O)c3nn(-c4ccccc4C(F)(F)F)c(C)cc3=O)nc12. The second-order valence-electron chi connectivity index (χ2n) is 6.82. The van der Waals surface area contributed by atoms with Gasteiger partial charge < -0.3 is 0 Å². The number of hydrogen-bond donors (Lipinski definition) is 1. The van der Waals surface area contributed by atoms with E-state index in [1.807, 2.05) is 25.1 Å². The minimum absolute atomic E-state index is 0.161. The van der Waals surface area contributed by atoms with E-state index in [9.17, 15) is 22.8 Å². The van der Waals surface area contributed by atoms with Crippen LogP contribution in [0.1, 0.15) is 27.3 Å². The molecule has 10 heteroatoms. The maximum Gasteiger partial charge on any atom is 0.418 e. The maximum atomic E-state index is 13.4. The van der Waals surface area contributed by atoms with E-state index in [2.05, 4.69) is 15.4 Å². The predicted molar refractivity (Wildman–Crippen MR) is 112 cm³/mol. The number of para-hydroxylation sites is 2. The molecule has 4 rings (SSSR count). The van der Waals surface area contributed by atoms with Crippen LogP contribution in [0.15, 0.2) is 53.3 Å². The Balaban J connectivity index is 1.75. The summed E-state index contributed by atoms with van der Waals surface area (Å²) in [5.41, 5.74) is -0.634. The van der Waals surface area contributed by atoms with E-state index in [0.717, 1.165) is 32.6 Å². The summed E-state index contributed by atoms with van der Waals surface area (Å²) in [5, 5.41) is 6.74. The van der Waals surface area contributed by atoms with E-state index in [4.69, 9.17) is 0 Å². The fourth-order valence-electron chi connectivity index (χ4n) is 3.14. The molecule has 0 aliphatic heterocycles. The first kappa shape index (κ1) is 20.7. The summed E-state index contributed by atoms with van der Waals surface area (Å²) in [5.74, 6) is -0.847. The molecule has 0 atom stereocenters. The van der Waals surface area contributed by atoms with Gasteiger partial charge in [-0.15, -0.1) is 0 Å². The zero-order valence-corrected chi connectivity index (χ0v) is 17.1. The molecule has 2 aromatic carbocycles. The summed E-state index contributed by atoms with van der Waals surface area (Å²) >= 11 is 1.22. The molecule has 0 saturated heterocycles. The topological polar surface area (TPSA) is 76.9 Å². The van der Waals surface area contributed by atoms with Crippen molar-refractivity contribution in [1.82, 2.24) is 14.8 Å². The Morgan fingerprint density at radius 3 is 2.55 bits per heavy atom. The molecule has 0 bridgehead atoms. The van der Waals surface area contributed by atoms with E-state index in [-0.39, 0.29) is 16.5 Å². The number of hydrogen-bond acceptors (Lipinski definition) is 5. The van der Waals surface area contributed by atoms with Crippen LogP contribution in [0.5, 0.6) is 0 Å². The standard InChI is InChI=1S/C21H15F3N4O2S/c1-11-6-5-9-16-17(11)25-20(31-16)26-19(30)18-15(29)10-12(2)28(27-18)14-8-4-3-7-13(14)21(22,23)24/h3-10H,1-2H3,(H,25,26,30). The number of carbonyl (C=O) groups excluding carboxylic acids is 1. The number of aromatic nitrogens is 3. The molecule has 0 fully saturated rings. The molecule has 6 nitrogen and oxygen atoms in total. The Labute approximate surface area is 178 Å². The summed E-state index contributed by atoms with van der Waals surface area (Å²) in [4.78, 5) is 29.5. The van der Waals surface area contributed by atoms with Gasteiger partial charge in [-0.05, 0) is 37.6 Å². The molecule has 0 radical (unpaired) electrons. The summed E-state index contributed by atoms with van der Waals surface area (Å²) in [7, 11) is 0. The third kappa shape index (κ3) is 3.93. The average molecular weight is 444 g/mol. The van der Waals surface area contributed by atoms with Crippen LogP contribution in [0.3, 0.4) is 0 Å². The van der Waals surface area contributed by atoms with Gasteiger partial charge in [0, 0.05) is 11.8 Å². The van der Waals surface area contributed by atoms with Gasteiger partial charge in [-0.25, -0.2) is 9.67 Å². The number of rotatable bonds is 3. The van der Waals surface area contributed by atoms with Crippen LogP contribution in [0.25, 0.3) is 15.9 Å². The van der Waals surface area contributed by atoms with Crippen molar-refractivity contribution in [3.05, 3.63) is 81.3 Å². The van der Waals surface area contributed by atoms with Crippen LogP contribution < -0.4 is 10.7 Å². The zero-order chi connectivity index (χ0) is 22.3. The summed E-state index contributed by atoms with van der Waals surface area (Å²) in [6.45, 7) is 3.32. The largest absolute Gasteiger partial charge is 0.418 e. The number of halogens is 3. The molecular formula is C21H15F3N4O2S. The summed E-state index contributed by atoms with van der Waals surface area (Å²) in [6.07, 6.45) is -4.63. The van der Waals surface area contributed by atoms with Gasteiger partial charge in [0.15, 0.2) is 10.8 Å². The van der Waals surface area contributed by atoms with Gasteiger partial charge in [0.05, 0.1) is 21.5 Å². The first-order valence-electron chi connectivity index (χ1n) is 9.10. The quantitative estimate of drug-likeness (QED) is 0.496. The van der Waals surface area contributed by atoms with E-state index in [1.54, 1.807) is 0 Å². The minimum Gasteiger partial charge on any atom is -0.296 e. The Bertz CT molecular complexity index is 1380. The van der Waals surface area contributed by atoms with Crippen molar-refractivity contribution in [2.45, 2.75) is 20.0 Å². The van der Waals surface area contributed by atoms with Crippen LogP contribution in [0, 0.1) is 13.8 Å². The fourth-order valence-corrected chi connectivity index (χ4v) is 4.08. The molecule has 4 aromatic rings. The molecule has 2 aromatic heterocycles. The lowest BCUT2D eigenvalue weighted by Gasteiger charge is -2.16. The van der Waals surface area contributed by atoms with Gasteiger partial charge >= 0.3 is 6.18 Å². The zero-order valence-electron chi connectivity index (χ0n) is 16.3. The predicted octanol–water partition coefficient (Wildman–Crippen LogP) is 4.73. The molecule has 2 heterocycles.